The number of nitrogens with zero attached hydrogens (tertiary/aromatic N) is 1. The molecule has 1 saturated heterocycles. The highest BCUT2D eigenvalue weighted by molar-refractivity contribution is 6.21. The molecule has 0 radical (unpaired) electrons. The summed E-state index contributed by atoms with van der Waals surface area (Å²) in [7, 11) is 0. The highest BCUT2D eigenvalue weighted by Gasteiger charge is 2.62. The number of unbranched alkanes of at least 4 members (excludes halogenated alkanes) is 2. The molecule has 0 bridgehead atoms. The fourth-order valence-corrected chi connectivity index (χ4v) is 2.48. The lowest BCUT2D eigenvalue weighted by molar-refractivity contribution is -0.146. The normalized spacial score (nSPS) is 23.2. The van der Waals surface area contributed by atoms with E-state index in [1.165, 1.54) is 4.90 Å². The summed E-state index contributed by atoms with van der Waals surface area (Å²) in [5, 5.41) is 2.31. The Morgan fingerprint density at radius 3 is 2.50 bits per heavy atom. The second kappa shape index (κ2) is 4.71. The summed E-state index contributed by atoms with van der Waals surface area (Å²) in [6.45, 7) is 3.99. The van der Waals surface area contributed by atoms with E-state index in [-0.39, 0.29) is 11.9 Å². The summed E-state index contributed by atoms with van der Waals surface area (Å²) >= 11 is 0. The van der Waals surface area contributed by atoms with Crippen molar-refractivity contribution in [2.45, 2.75) is 58.4 Å². The molecule has 5 heteroatoms. The molecule has 2 fully saturated rings. The molecule has 2 rings (SSSR count). The summed E-state index contributed by atoms with van der Waals surface area (Å²) in [5.74, 6) is -0.699. The molecule has 1 atom stereocenters. The van der Waals surface area contributed by atoms with Gasteiger partial charge < -0.3 is 0 Å². The Morgan fingerprint density at radius 1 is 1.28 bits per heavy atom. The van der Waals surface area contributed by atoms with Crippen LogP contribution < -0.4 is 5.32 Å². The number of hydrogen-bond acceptors (Lipinski definition) is 3. The number of carbonyl (C=O) groups excluding carboxylic acids is 3. The maximum Gasteiger partial charge on any atom is 0.331 e. The zero-order chi connectivity index (χ0) is 13.3. The maximum absolute atomic E-state index is 12.2. The number of amides is 4. The molecule has 1 heterocycles. The molecule has 1 saturated carbocycles. The van der Waals surface area contributed by atoms with Crippen LogP contribution in [0, 0.1) is 5.41 Å². The molecular formula is C13H20N2O3. The van der Waals surface area contributed by atoms with Crippen molar-refractivity contribution >= 4 is 17.8 Å². The quantitative estimate of drug-likeness (QED) is 0.599. The lowest BCUT2D eigenvalue weighted by Gasteiger charge is -2.34. The summed E-state index contributed by atoms with van der Waals surface area (Å²) in [5.41, 5.74) is -0.910. The van der Waals surface area contributed by atoms with Gasteiger partial charge in [0.25, 0.3) is 0 Å². The average molecular weight is 252 g/mol. The zero-order valence-corrected chi connectivity index (χ0v) is 11.0. The maximum atomic E-state index is 12.2. The fraction of sp³-hybridized carbons (Fsp3) is 0.769. The molecule has 5 nitrogen and oxygen atoms in total. The van der Waals surface area contributed by atoms with E-state index < -0.39 is 17.4 Å². The van der Waals surface area contributed by atoms with Gasteiger partial charge in [-0.2, -0.15) is 0 Å². The molecule has 18 heavy (non-hydrogen) atoms. The number of urea groups is 1. The first-order chi connectivity index (χ1) is 8.53. The molecule has 1 spiro atoms. The number of rotatable bonds is 5. The largest absolute Gasteiger partial charge is 0.331 e. The van der Waals surface area contributed by atoms with Gasteiger partial charge >= 0.3 is 6.03 Å². The number of barbiturate groups is 1. The van der Waals surface area contributed by atoms with Gasteiger partial charge in [-0.3, -0.25) is 19.8 Å². The molecule has 0 aromatic rings. The Balaban J connectivity index is 2.04. The van der Waals surface area contributed by atoms with Crippen molar-refractivity contribution in [1.82, 2.24) is 10.2 Å². The Morgan fingerprint density at radius 2 is 1.94 bits per heavy atom. The standard InChI is InChI=1S/C13H20N2O3/c1-3-4-5-6-9(2)15-11(17)13(7-8-13)10(16)14-12(15)18/h9H,3-8H2,1-2H3,(H,14,16,18). The minimum absolute atomic E-state index is 0.130. The first kappa shape index (κ1) is 13.1. The number of nitrogens with one attached hydrogen (secondary N) is 1. The van der Waals surface area contributed by atoms with Crippen molar-refractivity contribution in [1.29, 1.82) is 0 Å². The summed E-state index contributed by atoms with van der Waals surface area (Å²) in [6.07, 6.45) is 5.15. The highest BCUT2D eigenvalue weighted by atomic mass is 16.2. The van der Waals surface area contributed by atoms with Crippen molar-refractivity contribution in [3.8, 4) is 0 Å². The molecule has 1 N–H and O–H groups in total. The monoisotopic (exact) mass is 252 g/mol. The van der Waals surface area contributed by atoms with E-state index in [0.29, 0.717) is 12.8 Å². The van der Waals surface area contributed by atoms with Crippen molar-refractivity contribution in [3.05, 3.63) is 0 Å². The lowest BCUT2D eigenvalue weighted by Crippen LogP contribution is -2.61. The van der Waals surface area contributed by atoms with Crippen molar-refractivity contribution in [2.24, 2.45) is 5.41 Å². The fourth-order valence-electron chi connectivity index (χ4n) is 2.48. The van der Waals surface area contributed by atoms with Gasteiger partial charge in [-0.25, -0.2) is 4.79 Å². The summed E-state index contributed by atoms with van der Waals surface area (Å²) < 4.78 is 0. The van der Waals surface area contributed by atoms with Crippen LogP contribution in [0.5, 0.6) is 0 Å². The molecular weight excluding hydrogens is 232 g/mol. The Labute approximate surface area is 107 Å². The van der Waals surface area contributed by atoms with Gasteiger partial charge in [0, 0.05) is 6.04 Å². The molecule has 0 aromatic heterocycles. The van der Waals surface area contributed by atoms with Crippen molar-refractivity contribution in [3.63, 3.8) is 0 Å². The van der Waals surface area contributed by atoms with Crippen LogP contribution in [0.25, 0.3) is 0 Å². The van der Waals surface area contributed by atoms with Crippen LogP contribution in [-0.4, -0.2) is 28.8 Å². The minimum atomic E-state index is -0.910. The Bertz CT molecular complexity index is 388. The molecule has 4 amide bonds. The van der Waals surface area contributed by atoms with Gasteiger partial charge in [0.1, 0.15) is 5.41 Å². The van der Waals surface area contributed by atoms with Crippen LogP contribution in [0.3, 0.4) is 0 Å². The van der Waals surface area contributed by atoms with E-state index in [1.807, 2.05) is 6.92 Å². The number of hydrogen-bond donors (Lipinski definition) is 1. The molecule has 2 aliphatic rings. The van der Waals surface area contributed by atoms with Gasteiger partial charge in [0.2, 0.25) is 11.8 Å². The topological polar surface area (TPSA) is 66.5 Å². The van der Waals surface area contributed by atoms with Crippen LogP contribution in [0.1, 0.15) is 52.4 Å². The highest BCUT2D eigenvalue weighted by Crippen LogP contribution is 2.49. The average Bonchev–Trinajstić information content (AvgIpc) is 3.08. The number of imide groups is 2. The van der Waals surface area contributed by atoms with Crippen LogP contribution in [0.4, 0.5) is 4.79 Å². The Kier molecular flexibility index (Phi) is 3.41. The summed E-state index contributed by atoms with van der Waals surface area (Å²) in [6, 6.07) is -0.679. The molecule has 0 aromatic carbocycles. The predicted octanol–water partition coefficient (Wildman–Crippen LogP) is 1.81. The van der Waals surface area contributed by atoms with E-state index in [9.17, 15) is 14.4 Å². The predicted molar refractivity (Wildman–Crippen MR) is 65.7 cm³/mol. The SMILES string of the molecule is CCCCCC(C)N1C(=O)NC(=O)C2(CC2)C1=O. The van der Waals surface area contributed by atoms with Gasteiger partial charge in [0.15, 0.2) is 0 Å². The van der Waals surface area contributed by atoms with Crippen LogP contribution in [0.15, 0.2) is 0 Å². The van der Waals surface area contributed by atoms with Gasteiger partial charge in [0.05, 0.1) is 0 Å². The third-order valence-corrected chi connectivity index (χ3v) is 3.92. The van der Waals surface area contributed by atoms with E-state index in [1.54, 1.807) is 0 Å². The van der Waals surface area contributed by atoms with Gasteiger partial charge in [-0.1, -0.05) is 26.2 Å². The third kappa shape index (κ3) is 2.02. The minimum Gasteiger partial charge on any atom is -0.277 e. The number of carbonyl (C=O) groups is 3. The first-order valence-corrected chi connectivity index (χ1v) is 6.72. The van der Waals surface area contributed by atoms with Crippen LogP contribution in [-0.2, 0) is 9.59 Å². The van der Waals surface area contributed by atoms with Gasteiger partial charge in [-0.05, 0) is 26.2 Å². The van der Waals surface area contributed by atoms with Crippen LogP contribution in [0.2, 0.25) is 0 Å². The van der Waals surface area contributed by atoms with E-state index >= 15 is 0 Å². The van der Waals surface area contributed by atoms with Crippen LogP contribution >= 0.6 is 0 Å². The van der Waals surface area contributed by atoms with Crippen molar-refractivity contribution in [2.75, 3.05) is 0 Å². The van der Waals surface area contributed by atoms with E-state index in [2.05, 4.69) is 12.2 Å². The Hall–Kier alpha value is -1.39. The second-order valence-corrected chi connectivity index (χ2v) is 5.36. The molecule has 1 unspecified atom stereocenters. The van der Waals surface area contributed by atoms with E-state index in [0.717, 1.165) is 25.7 Å². The molecule has 100 valence electrons. The van der Waals surface area contributed by atoms with E-state index in [4.69, 9.17) is 0 Å². The summed E-state index contributed by atoms with van der Waals surface area (Å²) in [4.78, 5) is 36.9. The molecule has 1 aliphatic heterocycles. The second-order valence-electron chi connectivity index (χ2n) is 5.36. The lowest BCUT2D eigenvalue weighted by atomic mass is 9.99. The smallest absolute Gasteiger partial charge is 0.277 e. The molecule has 1 aliphatic carbocycles. The zero-order valence-electron chi connectivity index (χ0n) is 11.0. The van der Waals surface area contributed by atoms with Crippen molar-refractivity contribution < 1.29 is 14.4 Å². The van der Waals surface area contributed by atoms with Gasteiger partial charge in [-0.15, -0.1) is 0 Å². The first-order valence-electron chi connectivity index (χ1n) is 6.72. The third-order valence-electron chi connectivity index (χ3n) is 3.92.